The molecule has 0 N–H and O–H groups in total. The molecule has 0 aromatic heterocycles. The highest BCUT2D eigenvalue weighted by Gasteiger charge is 2.09. The van der Waals surface area contributed by atoms with Gasteiger partial charge in [0.2, 0.25) is 5.96 Å². The zero-order valence-electron chi connectivity index (χ0n) is 11.9. The van der Waals surface area contributed by atoms with E-state index >= 15 is 0 Å². The molecule has 0 bridgehead atoms. The van der Waals surface area contributed by atoms with Crippen LogP contribution in [0.25, 0.3) is 0 Å². The van der Waals surface area contributed by atoms with Crippen molar-refractivity contribution >= 4 is 11.6 Å². The van der Waals surface area contributed by atoms with Crippen LogP contribution in [0.4, 0.5) is 5.69 Å². The molecule has 0 aliphatic rings. The third kappa shape index (κ3) is 3.29. The summed E-state index contributed by atoms with van der Waals surface area (Å²) in [7, 11) is 11.1. The number of aliphatic imine (C=N–C) groups is 1. The number of nitrogens with zero attached hydrogens (tertiary/aromatic N) is 3. The first-order chi connectivity index (χ1) is 8.49. The summed E-state index contributed by atoms with van der Waals surface area (Å²) >= 11 is 0. The van der Waals surface area contributed by atoms with Gasteiger partial charge >= 0.3 is 0 Å². The lowest BCUT2D eigenvalue weighted by Crippen LogP contribution is -2.35. The molecule has 0 aliphatic carbocycles. The zero-order valence-corrected chi connectivity index (χ0v) is 11.9. The lowest BCUT2D eigenvalue weighted by atomic mass is 10.3. The van der Waals surface area contributed by atoms with E-state index in [9.17, 15) is 0 Å². The van der Waals surface area contributed by atoms with Crippen molar-refractivity contribution in [1.29, 1.82) is 0 Å². The van der Waals surface area contributed by atoms with Crippen LogP contribution in [0.3, 0.4) is 0 Å². The van der Waals surface area contributed by atoms with Crippen LogP contribution in [0.15, 0.2) is 23.2 Å². The second kappa shape index (κ2) is 6.14. The average Bonchev–Trinajstić information content (AvgIpc) is 2.34. The number of ether oxygens (including phenoxy) is 2. The van der Waals surface area contributed by atoms with Gasteiger partial charge in [0.05, 0.1) is 14.2 Å². The van der Waals surface area contributed by atoms with E-state index in [1.807, 2.05) is 56.2 Å². The van der Waals surface area contributed by atoms with Crippen LogP contribution in [0.1, 0.15) is 0 Å². The smallest absolute Gasteiger partial charge is 0.200 e. The Hall–Kier alpha value is -1.91. The first-order valence-corrected chi connectivity index (χ1v) is 5.65. The van der Waals surface area contributed by atoms with Crippen molar-refractivity contribution in [3.8, 4) is 11.5 Å². The molecular formula is C13H21N3O2. The van der Waals surface area contributed by atoms with Gasteiger partial charge in [-0.3, -0.25) is 0 Å². The number of hydrogen-bond donors (Lipinski definition) is 0. The van der Waals surface area contributed by atoms with Gasteiger partial charge in [0.15, 0.2) is 0 Å². The predicted molar refractivity (Wildman–Crippen MR) is 74.0 cm³/mol. The summed E-state index contributed by atoms with van der Waals surface area (Å²) in [5, 5.41) is 0. The summed E-state index contributed by atoms with van der Waals surface area (Å²) in [5.74, 6) is 2.29. The third-order valence-corrected chi connectivity index (χ3v) is 2.41. The number of hydrogen-bond acceptors (Lipinski definition) is 3. The quantitative estimate of drug-likeness (QED) is 0.606. The van der Waals surface area contributed by atoms with E-state index in [-0.39, 0.29) is 0 Å². The Morgan fingerprint density at radius 3 is 2.06 bits per heavy atom. The van der Waals surface area contributed by atoms with Crippen LogP contribution >= 0.6 is 0 Å². The SMILES string of the molecule is COc1ccc(N=C(N(C)C)N(C)C)c(OC)c1. The first kappa shape index (κ1) is 14.2. The minimum atomic E-state index is 0.690. The van der Waals surface area contributed by atoms with Gasteiger partial charge < -0.3 is 19.3 Å². The lowest BCUT2D eigenvalue weighted by Gasteiger charge is -2.22. The summed E-state index contributed by atoms with van der Waals surface area (Å²) in [6.45, 7) is 0. The molecule has 0 saturated carbocycles. The fourth-order valence-electron chi connectivity index (χ4n) is 1.59. The van der Waals surface area contributed by atoms with Gasteiger partial charge in [-0.15, -0.1) is 0 Å². The Labute approximate surface area is 109 Å². The van der Waals surface area contributed by atoms with Gasteiger partial charge in [0.25, 0.3) is 0 Å². The predicted octanol–water partition coefficient (Wildman–Crippen LogP) is 1.81. The summed E-state index contributed by atoms with van der Waals surface area (Å²) in [4.78, 5) is 8.49. The average molecular weight is 251 g/mol. The molecule has 1 aromatic rings. The molecule has 0 spiro atoms. The van der Waals surface area contributed by atoms with Crippen LogP contribution < -0.4 is 9.47 Å². The number of guanidine groups is 1. The second-order valence-electron chi connectivity index (χ2n) is 4.24. The molecule has 0 atom stereocenters. The van der Waals surface area contributed by atoms with Crippen molar-refractivity contribution in [3.05, 3.63) is 18.2 Å². The van der Waals surface area contributed by atoms with Crippen molar-refractivity contribution in [2.45, 2.75) is 0 Å². The Balaban J connectivity index is 3.19. The molecule has 18 heavy (non-hydrogen) atoms. The van der Waals surface area contributed by atoms with Gasteiger partial charge in [-0.2, -0.15) is 0 Å². The van der Waals surface area contributed by atoms with Gasteiger partial charge in [0, 0.05) is 34.3 Å². The van der Waals surface area contributed by atoms with Crippen molar-refractivity contribution in [3.63, 3.8) is 0 Å². The molecule has 0 aliphatic heterocycles. The number of methoxy groups -OCH3 is 2. The monoisotopic (exact) mass is 251 g/mol. The summed E-state index contributed by atoms with van der Waals surface area (Å²) < 4.78 is 10.5. The van der Waals surface area contributed by atoms with E-state index in [0.29, 0.717) is 5.75 Å². The Morgan fingerprint density at radius 2 is 1.61 bits per heavy atom. The Morgan fingerprint density at radius 1 is 1.00 bits per heavy atom. The van der Waals surface area contributed by atoms with Gasteiger partial charge in [-0.05, 0) is 12.1 Å². The maximum absolute atomic E-state index is 5.32. The second-order valence-corrected chi connectivity index (χ2v) is 4.24. The standard InChI is InChI=1S/C13H21N3O2/c1-15(2)13(16(3)4)14-11-8-7-10(17-5)9-12(11)18-6/h7-9H,1-6H3. The number of rotatable bonds is 3. The molecule has 0 heterocycles. The topological polar surface area (TPSA) is 37.3 Å². The minimum absolute atomic E-state index is 0.690. The molecule has 0 unspecified atom stereocenters. The molecule has 5 heteroatoms. The minimum Gasteiger partial charge on any atom is -0.497 e. The molecule has 0 saturated heterocycles. The van der Waals surface area contributed by atoms with E-state index in [4.69, 9.17) is 9.47 Å². The van der Waals surface area contributed by atoms with Crippen LogP contribution in [0.5, 0.6) is 11.5 Å². The largest absolute Gasteiger partial charge is 0.497 e. The molecule has 100 valence electrons. The van der Waals surface area contributed by atoms with Crippen molar-refractivity contribution in [1.82, 2.24) is 9.80 Å². The van der Waals surface area contributed by atoms with Crippen LogP contribution in [-0.2, 0) is 0 Å². The fraction of sp³-hybridized carbons (Fsp3) is 0.462. The number of benzene rings is 1. The Bertz CT molecular complexity index is 418. The maximum Gasteiger partial charge on any atom is 0.200 e. The van der Waals surface area contributed by atoms with Crippen molar-refractivity contribution in [2.75, 3.05) is 42.4 Å². The molecule has 1 rings (SSSR count). The first-order valence-electron chi connectivity index (χ1n) is 5.65. The van der Waals surface area contributed by atoms with E-state index in [0.717, 1.165) is 17.4 Å². The molecule has 1 aromatic carbocycles. The zero-order chi connectivity index (χ0) is 13.7. The molecule has 0 radical (unpaired) electrons. The van der Waals surface area contributed by atoms with Gasteiger partial charge in [-0.1, -0.05) is 0 Å². The lowest BCUT2D eigenvalue weighted by molar-refractivity contribution is 0.395. The van der Waals surface area contributed by atoms with Crippen LogP contribution in [0, 0.1) is 0 Å². The van der Waals surface area contributed by atoms with Gasteiger partial charge in [0.1, 0.15) is 17.2 Å². The van der Waals surface area contributed by atoms with E-state index in [1.54, 1.807) is 14.2 Å². The third-order valence-electron chi connectivity index (χ3n) is 2.41. The summed E-state index contributed by atoms with van der Waals surface area (Å²) in [6.07, 6.45) is 0. The summed E-state index contributed by atoms with van der Waals surface area (Å²) in [6, 6.07) is 5.57. The fourth-order valence-corrected chi connectivity index (χ4v) is 1.59. The maximum atomic E-state index is 5.32. The van der Waals surface area contributed by atoms with E-state index < -0.39 is 0 Å². The Kier molecular flexibility index (Phi) is 4.83. The highest BCUT2D eigenvalue weighted by Crippen LogP contribution is 2.31. The summed E-state index contributed by atoms with van der Waals surface area (Å²) in [5.41, 5.74) is 0.774. The highest BCUT2D eigenvalue weighted by molar-refractivity contribution is 5.83. The van der Waals surface area contributed by atoms with E-state index in [1.165, 1.54) is 0 Å². The van der Waals surface area contributed by atoms with Crippen molar-refractivity contribution < 1.29 is 9.47 Å². The van der Waals surface area contributed by atoms with Gasteiger partial charge in [-0.25, -0.2) is 4.99 Å². The van der Waals surface area contributed by atoms with E-state index in [2.05, 4.69) is 4.99 Å². The van der Waals surface area contributed by atoms with Crippen LogP contribution in [0.2, 0.25) is 0 Å². The van der Waals surface area contributed by atoms with Crippen LogP contribution in [-0.4, -0.2) is 58.2 Å². The van der Waals surface area contributed by atoms with Crippen molar-refractivity contribution in [2.24, 2.45) is 4.99 Å². The molecule has 0 fully saturated rings. The highest BCUT2D eigenvalue weighted by atomic mass is 16.5. The molecule has 5 nitrogen and oxygen atoms in total. The normalized spacial score (nSPS) is 9.67. The molecule has 0 amide bonds. The molecular weight excluding hydrogens is 230 g/mol.